The Morgan fingerprint density at radius 3 is 2.38 bits per heavy atom. The third-order valence-corrected chi connectivity index (χ3v) is 4.14. The van der Waals surface area contributed by atoms with E-state index in [-0.39, 0.29) is 12.1 Å². The standard InChI is InChI=1S/C19H24ClN3O/c1-14(16-6-5-7-17(20)12-16)21-19(24)23(4)13-15-8-10-18(11-9-15)22(2)3/h5-12,14H,13H2,1-4H3,(H,21,24). The van der Waals surface area contributed by atoms with Crippen molar-refractivity contribution in [3.63, 3.8) is 0 Å². The molecule has 1 N–H and O–H groups in total. The highest BCUT2D eigenvalue weighted by atomic mass is 35.5. The fourth-order valence-corrected chi connectivity index (χ4v) is 2.60. The lowest BCUT2D eigenvalue weighted by atomic mass is 10.1. The smallest absolute Gasteiger partial charge is 0.317 e. The van der Waals surface area contributed by atoms with Crippen molar-refractivity contribution in [3.8, 4) is 0 Å². The molecule has 0 radical (unpaired) electrons. The van der Waals surface area contributed by atoms with Crippen LogP contribution in [0.4, 0.5) is 10.5 Å². The number of nitrogens with one attached hydrogen (secondary N) is 1. The molecule has 24 heavy (non-hydrogen) atoms. The number of hydrogen-bond donors (Lipinski definition) is 1. The van der Waals surface area contributed by atoms with Crippen molar-refractivity contribution in [1.29, 1.82) is 0 Å². The second-order valence-corrected chi connectivity index (χ2v) is 6.58. The Morgan fingerprint density at radius 2 is 1.79 bits per heavy atom. The van der Waals surface area contributed by atoms with Gasteiger partial charge < -0.3 is 15.1 Å². The summed E-state index contributed by atoms with van der Waals surface area (Å²) >= 11 is 6.00. The molecule has 2 aromatic carbocycles. The molecular formula is C19H24ClN3O. The van der Waals surface area contributed by atoms with Crippen LogP contribution in [0.25, 0.3) is 0 Å². The first kappa shape index (κ1) is 18.1. The highest BCUT2D eigenvalue weighted by Crippen LogP contribution is 2.18. The molecule has 4 nitrogen and oxygen atoms in total. The van der Waals surface area contributed by atoms with Crippen molar-refractivity contribution in [2.24, 2.45) is 0 Å². The van der Waals surface area contributed by atoms with Gasteiger partial charge in [0.15, 0.2) is 0 Å². The zero-order chi connectivity index (χ0) is 17.7. The molecule has 0 spiro atoms. The van der Waals surface area contributed by atoms with E-state index in [9.17, 15) is 4.79 Å². The summed E-state index contributed by atoms with van der Waals surface area (Å²) in [6.45, 7) is 2.51. The van der Waals surface area contributed by atoms with E-state index >= 15 is 0 Å². The second kappa shape index (κ2) is 8.06. The van der Waals surface area contributed by atoms with Crippen molar-refractivity contribution >= 4 is 23.3 Å². The van der Waals surface area contributed by atoms with Gasteiger partial charge in [-0.3, -0.25) is 0 Å². The summed E-state index contributed by atoms with van der Waals surface area (Å²) in [5, 5.41) is 3.66. The predicted molar refractivity (Wildman–Crippen MR) is 101 cm³/mol. The quantitative estimate of drug-likeness (QED) is 0.876. The van der Waals surface area contributed by atoms with Crippen LogP contribution < -0.4 is 10.2 Å². The lowest BCUT2D eigenvalue weighted by Gasteiger charge is -2.22. The lowest BCUT2D eigenvalue weighted by Crippen LogP contribution is -2.38. The summed E-state index contributed by atoms with van der Waals surface area (Å²) in [6, 6.07) is 15.5. The molecule has 0 aromatic heterocycles. The fraction of sp³-hybridized carbons (Fsp3) is 0.316. The Kier molecular flexibility index (Phi) is 6.10. The van der Waals surface area contributed by atoms with Gasteiger partial charge in [0.2, 0.25) is 0 Å². The van der Waals surface area contributed by atoms with Crippen molar-refractivity contribution in [3.05, 3.63) is 64.7 Å². The minimum Gasteiger partial charge on any atom is -0.378 e. The number of urea groups is 1. The summed E-state index contributed by atoms with van der Waals surface area (Å²) in [4.78, 5) is 16.1. The van der Waals surface area contributed by atoms with E-state index in [1.54, 1.807) is 11.9 Å². The molecule has 1 atom stereocenters. The molecule has 0 aliphatic heterocycles. The van der Waals surface area contributed by atoms with Crippen LogP contribution in [0.5, 0.6) is 0 Å². The fourth-order valence-electron chi connectivity index (χ4n) is 2.40. The average Bonchev–Trinajstić information content (AvgIpc) is 2.55. The van der Waals surface area contributed by atoms with Crippen LogP contribution >= 0.6 is 11.6 Å². The summed E-state index contributed by atoms with van der Waals surface area (Å²) in [5.41, 5.74) is 3.22. The molecular weight excluding hydrogens is 322 g/mol. The first-order valence-corrected chi connectivity index (χ1v) is 8.28. The number of anilines is 1. The van der Waals surface area contributed by atoms with Crippen LogP contribution in [-0.4, -0.2) is 32.1 Å². The van der Waals surface area contributed by atoms with E-state index in [0.29, 0.717) is 11.6 Å². The maximum absolute atomic E-state index is 12.4. The first-order valence-electron chi connectivity index (χ1n) is 7.90. The van der Waals surface area contributed by atoms with E-state index < -0.39 is 0 Å². The molecule has 0 fully saturated rings. The number of carbonyl (C=O) groups is 1. The highest BCUT2D eigenvalue weighted by Gasteiger charge is 2.14. The van der Waals surface area contributed by atoms with Crippen LogP contribution in [0.3, 0.4) is 0 Å². The van der Waals surface area contributed by atoms with E-state index in [0.717, 1.165) is 16.8 Å². The number of benzene rings is 2. The van der Waals surface area contributed by atoms with Crippen molar-refractivity contribution < 1.29 is 4.79 Å². The third-order valence-electron chi connectivity index (χ3n) is 3.91. The zero-order valence-electron chi connectivity index (χ0n) is 14.6. The Balaban J connectivity index is 1.94. The van der Waals surface area contributed by atoms with Crippen molar-refractivity contribution in [2.75, 3.05) is 26.0 Å². The van der Waals surface area contributed by atoms with Crippen LogP contribution in [0, 0.1) is 0 Å². The predicted octanol–water partition coefficient (Wildman–Crippen LogP) is 4.31. The highest BCUT2D eigenvalue weighted by molar-refractivity contribution is 6.30. The Hall–Kier alpha value is -2.20. The molecule has 2 aromatic rings. The number of nitrogens with zero attached hydrogens (tertiary/aromatic N) is 2. The molecule has 2 amide bonds. The molecule has 128 valence electrons. The van der Waals surface area contributed by atoms with Gasteiger partial charge in [0.05, 0.1) is 6.04 Å². The minimum atomic E-state index is -0.112. The van der Waals surface area contributed by atoms with Crippen LogP contribution in [0.15, 0.2) is 48.5 Å². The third kappa shape index (κ3) is 4.90. The Labute approximate surface area is 149 Å². The van der Waals surface area contributed by atoms with Gasteiger partial charge in [-0.15, -0.1) is 0 Å². The van der Waals surface area contributed by atoms with Gasteiger partial charge in [0, 0.05) is 38.4 Å². The largest absolute Gasteiger partial charge is 0.378 e. The Morgan fingerprint density at radius 1 is 1.12 bits per heavy atom. The SMILES string of the molecule is CC(NC(=O)N(C)Cc1ccc(N(C)C)cc1)c1cccc(Cl)c1. The first-order chi connectivity index (χ1) is 11.4. The summed E-state index contributed by atoms with van der Waals surface area (Å²) in [6.07, 6.45) is 0. The minimum absolute atomic E-state index is 0.102. The monoisotopic (exact) mass is 345 g/mol. The van der Waals surface area contributed by atoms with Gasteiger partial charge in [0.1, 0.15) is 0 Å². The van der Waals surface area contributed by atoms with Gasteiger partial charge in [-0.2, -0.15) is 0 Å². The topological polar surface area (TPSA) is 35.6 Å². The van der Waals surface area contributed by atoms with E-state index in [1.165, 1.54) is 0 Å². The molecule has 0 bridgehead atoms. The van der Waals surface area contributed by atoms with Gasteiger partial charge in [-0.1, -0.05) is 35.9 Å². The number of amides is 2. The molecule has 0 aliphatic carbocycles. The summed E-state index contributed by atoms with van der Waals surface area (Å²) < 4.78 is 0. The molecule has 0 saturated heterocycles. The van der Waals surface area contributed by atoms with E-state index in [1.807, 2.05) is 62.3 Å². The van der Waals surface area contributed by atoms with Gasteiger partial charge in [-0.25, -0.2) is 4.79 Å². The Bertz CT molecular complexity index is 685. The van der Waals surface area contributed by atoms with Crippen LogP contribution in [-0.2, 0) is 6.54 Å². The molecule has 0 heterocycles. The summed E-state index contributed by atoms with van der Waals surface area (Å²) in [7, 11) is 5.80. The zero-order valence-corrected chi connectivity index (χ0v) is 15.3. The summed E-state index contributed by atoms with van der Waals surface area (Å²) in [5.74, 6) is 0. The molecule has 0 aliphatic rings. The average molecular weight is 346 g/mol. The van der Waals surface area contributed by atoms with Gasteiger partial charge in [0.25, 0.3) is 0 Å². The molecule has 5 heteroatoms. The maximum atomic E-state index is 12.4. The second-order valence-electron chi connectivity index (χ2n) is 6.14. The number of rotatable bonds is 5. The molecule has 0 saturated carbocycles. The van der Waals surface area contributed by atoms with Crippen molar-refractivity contribution in [1.82, 2.24) is 10.2 Å². The maximum Gasteiger partial charge on any atom is 0.317 e. The van der Waals surface area contributed by atoms with Crippen LogP contribution in [0.1, 0.15) is 24.1 Å². The molecule has 1 unspecified atom stereocenters. The lowest BCUT2D eigenvalue weighted by molar-refractivity contribution is 0.203. The van der Waals surface area contributed by atoms with E-state index in [2.05, 4.69) is 17.4 Å². The number of carbonyl (C=O) groups excluding carboxylic acids is 1. The number of halogens is 1. The molecule has 2 rings (SSSR count). The normalized spacial score (nSPS) is 11.7. The van der Waals surface area contributed by atoms with Crippen molar-refractivity contribution in [2.45, 2.75) is 19.5 Å². The van der Waals surface area contributed by atoms with Gasteiger partial charge in [-0.05, 0) is 42.3 Å². The van der Waals surface area contributed by atoms with Gasteiger partial charge >= 0.3 is 6.03 Å². The van der Waals surface area contributed by atoms with E-state index in [4.69, 9.17) is 11.6 Å². The van der Waals surface area contributed by atoms with Crippen LogP contribution in [0.2, 0.25) is 5.02 Å². The number of hydrogen-bond acceptors (Lipinski definition) is 2.